The van der Waals surface area contributed by atoms with Crippen LogP contribution in [0.15, 0.2) is 0 Å². The molecule has 2 N–H and O–H groups in total. The fourth-order valence-corrected chi connectivity index (χ4v) is 2.89. The molecule has 2 aliphatic rings. The van der Waals surface area contributed by atoms with Gasteiger partial charge >= 0.3 is 5.97 Å². The summed E-state index contributed by atoms with van der Waals surface area (Å²) in [4.78, 5) is 13.8. The van der Waals surface area contributed by atoms with E-state index in [1.807, 2.05) is 6.92 Å². The molecule has 19 heavy (non-hydrogen) atoms. The van der Waals surface area contributed by atoms with E-state index in [1.54, 1.807) is 0 Å². The molecule has 0 amide bonds. The zero-order valence-corrected chi connectivity index (χ0v) is 11.6. The summed E-state index contributed by atoms with van der Waals surface area (Å²) in [5.74, 6) is -1.26. The van der Waals surface area contributed by atoms with Crippen LogP contribution in [0.1, 0.15) is 13.3 Å². The highest BCUT2D eigenvalue weighted by Crippen LogP contribution is 2.29. The summed E-state index contributed by atoms with van der Waals surface area (Å²) in [5.41, 5.74) is -0.581. The Balaban J connectivity index is 2.06. The number of morpholine rings is 2. The number of carboxylic acids is 1. The van der Waals surface area contributed by atoms with Gasteiger partial charge in [-0.05, 0) is 6.42 Å². The first-order valence-corrected chi connectivity index (χ1v) is 7.05. The van der Waals surface area contributed by atoms with Gasteiger partial charge in [-0.25, -0.2) is 0 Å². The largest absolute Gasteiger partial charge is 0.481 e. The van der Waals surface area contributed by atoms with Crippen LogP contribution in [0.4, 0.5) is 0 Å². The van der Waals surface area contributed by atoms with Gasteiger partial charge in [0.15, 0.2) is 0 Å². The number of aliphatic carboxylic acids is 1. The van der Waals surface area contributed by atoms with Crippen molar-refractivity contribution < 1.29 is 19.4 Å². The molecular formula is C13H24N2O4. The van der Waals surface area contributed by atoms with Gasteiger partial charge in [-0.3, -0.25) is 9.69 Å². The lowest BCUT2D eigenvalue weighted by Gasteiger charge is -2.43. The standard InChI is InChI=1S/C13H24N2O4/c1-2-13(10-14-3-6-19-13)11(12(16)17)9-15-4-7-18-8-5-15/h11,14H,2-10H2,1H3,(H,16,17). The summed E-state index contributed by atoms with van der Waals surface area (Å²) in [6, 6.07) is 0. The Morgan fingerprint density at radius 3 is 2.68 bits per heavy atom. The molecule has 2 atom stereocenters. The average Bonchev–Trinajstić information content (AvgIpc) is 2.46. The number of hydrogen-bond acceptors (Lipinski definition) is 5. The predicted molar refractivity (Wildman–Crippen MR) is 70.2 cm³/mol. The van der Waals surface area contributed by atoms with Crippen LogP contribution in [0.5, 0.6) is 0 Å². The van der Waals surface area contributed by atoms with Crippen molar-refractivity contribution in [3.8, 4) is 0 Å². The Bertz CT molecular complexity index is 299. The van der Waals surface area contributed by atoms with E-state index in [1.165, 1.54) is 0 Å². The fraction of sp³-hybridized carbons (Fsp3) is 0.923. The average molecular weight is 272 g/mol. The van der Waals surface area contributed by atoms with E-state index in [9.17, 15) is 9.90 Å². The zero-order valence-electron chi connectivity index (χ0n) is 11.6. The van der Waals surface area contributed by atoms with Crippen LogP contribution in [0, 0.1) is 5.92 Å². The lowest BCUT2D eigenvalue weighted by Crippen LogP contribution is -2.59. The van der Waals surface area contributed by atoms with Gasteiger partial charge in [0, 0.05) is 32.7 Å². The van der Waals surface area contributed by atoms with Crippen molar-refractivity contribution in [1.82, 2.24) is 10.2 Å². The van der Waals surface area contributed by atoms with Gasteiger partial charge in [0.2, 0.25) is 0 Å². The molecule has 0 aromatic rings. The maximum Gasteiger partial charge on any atom is 0.310 e. The van der Waals surface area contributed by atoms with Crippen molar-refractivity contribution in [2.75, 3.05) is 52.5 Å². The summed E-state index contributed by atoms with van der Waals surface area (Å²) in [7, 11) is 0. The molecule has 6 nitrogen and oxygen atoms in total. The third kappa shape index (κ3) is 3.45. The van der Waals surface area contributed by atoms with Crippen LogP contribution in [0.3, 0.4) is 0 Å². The number of carbonyl (C=O) groups is 1. The molecule has 6 heteroatoms. The van der Waals surface area contributed by atoms with E-state index in [4.69, 9.17) is 9.47 Å². The van der Waals surface area contributed by atoms with Crippen LogP contribution >= 0.6 is 0 Å². The van der Waals surface area contributed by atoms with Crippen molar-refractivity contribution in [3.63, 3.8) is 0 Å². The molecule has 2 heterocycles. The first kappa shape index (κ1) is 14.7. The Labute approximate surface area is 114 Å². The Hall–Kier alpha value is -0.690. The highest BCUT2D eigenvalue weighted by molar-refractivity contribution is 5.72. The lowest BCUT2D eigenvalue weighted by molar-refractivity contribution is -0.166. The monoisotopic (exact) mass is 272 g/mol. The molecule has 0 aromatic carbocycles. The topological polar surface area (TPSA) is 71.0 Å². The lowest BCUT2D eigenvalue weighted by atomic mass is 9.83. The minimum Gasteiger partial charge on any atom is -0.481 e. The maximum atomic E-state index is 11.7. The number of carboxylic acid groups (broad SMARTS) is 1. The summed E-state index contributed by atoms with van der Waals surface area (Å²) in [6.45, 7) is 7.51. The molecule has 0 aliphatic carbocycles. The van der Waals surface area contributed by atoms with Crippen LogP contribution in [0.25, 0.3) is 0 Å². The quantitative estimate of drug-likeness (QED) is 0.721. The molecule has 2 fully saturated rings. The first-order valence-electron chi connectivity index (χ1n) is 7.05. The molecule has 2 unspecified atom stereocenters. The van der Waals surface area contributed by atoms with Crippen molar-refractivity contribution in [1.29, 1.82) is 0 Å². The van der Waals surface area contributed by atoms with Gasteiger partial charge < -0.3 is 19.9 Å². The number of nitrogens with one attached hydrogen (secondary N) is 1. The second-order valence-corrected chi connectivity index (χ2v) is 5.25. The van der Waals surface area contributed by atoms with Gasteiger partial charge in [-0.15, -0.1) is 0 Å². The molecule has 0 radical (unpaired) electrons. The van der Waals surface area contributed by atoms with E-state index < -0.39 is 17.5 Å². The molecule has 110 valence electrons. The SMILES string of the molecule is CCC1(C(CN2CCOCC2)C(=O)O)CNCCO1. The molecule has 2 rings (SSSR count). The van der Waals surface area contributed by atoms with Crippen molar-refractivity contribution in [2.24, 2.45) is 5.92 Å². The van der Waals surface area contributed by atoms with Gasteiger partial charge in [0.1, 0.15) is 0 Å². The van der Waals surface area contributed by atoms with Crippen molar-refractivity contribution in [3.05, 3.63) is 0 Å². The zero-order chi connectivity index (χ0) is 13.7. The Kier molecular flexibility index (Phi) is 5.15. The molecular weight excluding hydrogens is 248 g/mol. The van der Waals surface area contributed by atoms with E-state index >= 15 is 0 Å². The summed E-state index contributed by atoms with van der Waals surface area (Å²) >= 11 is 0. The molecule has 2 saturated heterocycles. The smallest absolute Gasteiger partial charge is 0.310 e. The highest BCUT2D eigenvalue weighted by Gasteiger charge is 2.45. The summed E-state index contributed by atoms with van der Waals surface area (Å²) < 4.78 is 11.2. The minimum absolute atomic E-state index is 0.497. The third-order valence-electron chi connectivity index (χ3n) is 4.17. The van der Waals surface area contributed by atoms with E-state index in [0.29, 0.717) is 39.3 Å². The first-order chi connectivity index (χ1) is 9.18. The summed E-state index contributed by atoms with van der Waals surface area (Å²) in [5, 5.41) is 12.9. The van der Waals surface area contributed by atoms with E-state index in [2.05, 4.69) is 10.2 Å². The molecule has 0 spiro atoms. The van der Waals surface area contributed by atoms with Gasteiger partial charge in [-0.1, -0.05) is 6.92 Å². The maximum absolute atomic E-state index is 11.7. The molecule has 0 aromatic heterocycles. The number of ether oxygens (including phenoxy) is 2. The van der Waals surface area contributed by atoms with Crippen LogP contribution in [-0.4, -0.2) is 74.1 Å². The second-order valence-electron chi connectivity index (χ2n) is 5.25. The Morgan fingerprint density at radius 2 is 2.16 bits per heavy atom. The van der Waals surface area contributed by atoms with Crippen LogP contribution in [0.2, 0.25) is 0 Å². The van der Waals surface area contributed by atoms with Crippen molar-refractivity contribution in [2.45, 2.75) is 18.9 Å². The second kappa shape index (κ2) is 6.65. The van der Waals surface area contributed by atoms with Gasteiger partial charge in [0.25, 0.3) is 0 Å². The third-order valence-corrected chi connectivity index (χ3v) is 4.17. The van der Waals surface area contributed by atoms with E-state index in [-0.39, 0.29) is 0 Å². The fourth-order valence-electron chi connectivity index (χ4n) is 2.89. The van der Waals surface area contributed by atoms with Gasteiger partial charge in [0.05, 0.1) is 31.3 Å². The minimum atomic E-state index is -0.767. The number of rotatable bonds is 5. The van der Waals surface area contributed by atoms with Crippen LogP contribution in [-0.2, 0) is 14.3 Å². The molecule has 2 aliphatic heterocycles. The van der Waals surface area contributed by atoms with E-state index in [0.717, 1.165) is 19.6 Å². The molecule has 0 bridgehead atoms. The Morgan fingerprint density at radius 1 is 1.42 bits per heavy atom. The van der Waals surface area contributed by atoms with Gasteiger partial charge in [-0.2, -0.15) is 0 Å². The highest BCUT2D eigenvalue weighted by atomic mass is 16.5. The molecule has 0 saturated carbocycles. The van der Waals surface area contributed by atoms with Crippen LogP contribution < -0.4 is 5.32 Å². The predicted octanol–water partition coefficient (Wildman–Crippen LogP) is -0.212. The number of hydrogen-bond donors (Lipinski definition) is 2. The van der Waals surface area contributed by atoms with Crippen molar-refractivity contribution >= 4 is 5.97 Å². The summed E-state index contributed by atoms with van der Waals surface area (Å²) in [6.07, 6.45) is 0.710. The number of nitrogens with zero attached hydrogens (tertiary/aromatic N) is 1. The normalized spacial score (nSPS) is 31.0.